The molecule has 6 heteroatoms. The van der Waals surface area contributed by atoms with Crippen LogP contribution < -0.4 is 10.2 Å². The van der Waals surface area contributed by atoms with Gasteiger partial charge in [-0.15, -0.1) is 0 Å². The smallest absolute Gasteiger partial charge is 0.371 e. The van der Waals surface area contributed by atoms with Crippen molar-refractivity contribution in [1.82, 2.24) is 5.32 Å². The standard InChI is InChI=1S/C14H18ClF3N2/c1-19-9-10-2-3-12(8-13(10)15)20-6-4-11(5-7-20)14(16,17)18/h2-3,8,11,19H,4-7,9H2,1H3. The molecule has 0 spiro atoms. The van der Waals surface area contributed by atoms with Gasteiger partial charge in [0.1, 0.15) is 0 Å². The van der Waals surface area contributed by atoms with Crippen LogP contribution in [0.5, 0.6) is 0 Å². The fourth-order valence-corrected chi connectivity index (χ4v) is 2.77. The van der Waals surface area contributed by atoms with E-state index in [1.165, 1.54) is 0 Å². The second kappa shape index (κ2) is 6.22. The minimum absolute atomic E-state index is 0.152. The highest BCUT2D eigenvalue weighted by molar-refractivity contribution is 6.31. The second-order valence-electron chi connectivity index (χ2n) is 5.11. The summed E-state index contributed by atoms with van der Waals surface area (Å²) in [5, 5.41) is 3.67. The lowest BCUT2D eigenvalue weighted by atomic mass is 9.96. The molecule has 2 nitrogen and oxygen atoms in total. The SMILES string of the molecule is CNCc1ccc(N2CCC(C(F)(F)F)CC2)cc1Cl. The van der Waals surface area contributed by atoms with Gasteiger partial charge >= 0.3 is 6.18 Å². The van der Waals surface area contributed by atoms with E-state index in [4.69, 9.17) is 11.6 Å². The normalized spacial score (nSPS) is 17.6. The number of piperidine rings is 1. The molecule has 0 amide bonds. The maximum Gasteiger partial charge on any atom is 0.391 e. The quantitative estimate of drug-likeness (QED) is 0.913. The van der Waals surface area contributed by atoms with Crippen molar-refractivity contribution in [1.29, 1.82) is 0 Å². The molecule has 0 unspecified atom stereocenters. The van der Waals surface area contributed by atoms with E-state index >= 15 is 0 Å². The third-order valence-electron chi connectivity index (χ3n) is 3.73. The van der Waals surface area contributed by atoms with Crippen molar-refractivity contribution >= 4 is 17.3 Å². The molecule has 1 aliphatic rings. The zero-order valence-electron chi connectivity index (χ0n) is 11.3. The Labute approximate surface area is 121 Å². The Kier molecular flexibility index (Phi) is 4.81. The van der Waals surface area contributed by atoms with Gasteiger partial charge in [-0.1, -0.05) is 17.7 Å². The third kappa shape index (κ3) is 3.58. The molecule has 0 aliphatic carbocycles. The van der Waals surface area contributed by atoms with Crippen molar-refractivity contribution in [2.24, 2.45) is 5.92 Å². The molecule has 1 N–H and O–H groups in total. The molecule has 0 saturated carbocycles. The van der Waals surface area contributed by atoms with Crippen LogP contribution in [0.25, 0.3) is 0 Å². The summed E-state index contributed by atoms with van der Waals surface area (Å²) in [5.74, 6) is -1.17. The average molecular weight is 307 g/mol. The Morgan fingerprint density at radius 2 is 1.95 bits per heavy atom. The van der Waals surface area contributed by atoms with Gasteiger partial charge in [0.2, 0.25) is 0 Å². The maximum absolute atomic E-state index is 12.6. The van der Waals surface area contributed by atoms with Crippen LogP contribution in [0.1, 0.15) is 18.4 Å². The lowest BCUT2D eigenvalue weighted by Gasteiger charge is -2.34. The van der Waals surface area contributed by atoms with Crippen LogP contribution >= 0.6 is 11.6 Å². The van der Waals surface area contributed by atoms with E-state index in [1.807, 2.05) is 30.1 Å². The summed E-state index contributed by atoms with van der Waals surface area (Å²) in [6.07, 6.45) is -3.76. The van der Waals surface area contributed by atoms with Gasteiger partial charge in [-0.25, -0.2) is 0 Å². The van der Waals surface area contributed by atoms with Gasteiger partial charge in [-0.2, -0.15) is 13.2 Å². The molecular weight excluding hydrogens is 289 g/mol. The zero-order chi connectivity index (χ0) is 14.8. The molecule has 0 aromatic heterocycles. The monoisotopic (exact) mass is 306 g/mol. The maximum atomic E-state index is 12.6. The number of halogens is 4. The Hall–Kier alpha value is -0.940. The Morgan fingerprint density at radius 1 is 1.30 bits per heavy atom. The number of anilines is 1. The Bertz CT molecular complexity index is 454. The molecule has 1 fully saturated rings. The molecule has 112 valence electrons. The van der Waals surface area contributed by atoms with E-state index < -0.39 is 12.1 Å². The van der Waals surface area contributed by atoms with Gasteiger partial charge in [-0.3, -0.25) is 0 Å². The molecule has 1 aromatic rings. The zero-order valence-corrected chi connectivity index (χ0v) is 12.1. The topological polar surface area (TPSA) is 15.3 Å². The molecule has 20 heavy (non-hydrogen) atoms. The molecular formula is C14H18ClF3N2. The van der Waals surface area contributed by atoms with Gasteiger partial charge < -0.3 is 10.2 Å². The summed E-state index contributed by atoms with van der Waals surface area (Å²) in [5.41, 5.74) is 1.89. The number of nitrogens with one attached hydrogen (secondary N) is 1. The van der Waals surface area contributed by atoms with Crippen molar-refractivity contribution in [3.05, 3.63) is 28.8 Å². The Balaban J connectivity index is 2.02. The highest BCUT2D eigenvalue weighted by Gasteiger charge is 2.41. The highest BCUT2D eigenvalue weighted by atomic mass is 35.5. The number of hydrogen-bond acceptors (Lipinski definition) is 2. The van der Waals surface area contributed by atoms with Crippen LogP contribution in [0.3, 0.4) is 0 Å². The van der Waals surface area contributed by atoms with Crippen molar-refractivity contribution < 1.29 is 13.2 Å². The largest absolute Gasteiger partial charge is 0.391 e. The first-order chi connectivity index (χ1) is 9.41. The molecule has 0 atom stereocenters. The van der Waals surface area contributed by atoms with Crippen LogP contribution in [-0.4, -0.2) is 26.3 Å². The van der Waals surface area contributed by atoms with Crippen LogP contribution in [0, 0.1) is 5.92 Å². The van der Waals surface area contributed by atoms with E-state index in [9.17, 15) is 13.2 Å². The molecule has 0 radical (unpaired) electrons. The lowest BCUT2D eigenvalue weighted by molar-refractivity contribution is -0.179. The fourth-order valence-electron chi connectivity index (χ4n) is 2.53. The Morgan fingerprint density at radius 3 is 2.45 bits per heavy atom. The molecule has 1 heterocycles. The summed E-state index contributed by atoms with van der Waals surface area (Å²) >= 11 is 6.18. The fraction of sp³-hybridized carbons (Fsp3) is 0.571. The number of hydrogen-bond donors (Lipinski definition) is 1. The van der Waals surface area contributed by atoms with Crippen molar-refractivity contribution in [3.63, 3.8) is 0 Å². The first-order valence-corrected chi connectivity index (χ1v) is 7.04. The minimum atomic E-state index is -4.07. The first kappa shape index (κ1) is 15.4. The van der Waals surface area contributed by atoms with Crippen molar-refractivity contribution in [2.45, 2.75) is 25.6 Å². The summed E-state index contributed by atoms with van der Waals surface area (Å²) in [6.45, 7) is 1.52. The molecule has 2 rings (SSSR count). The summed E-state index contributed by atoms with van der Waals surface area (Å²) in [6, 6.07) is 5.68. The molecule has 1 aromatic carbocycles. The first-order valence-electron chi connectivity index (χ1n) is 6.66. The lowest BCUT2D eigenvalue weighted by Crippen LogP contribution is -2.39. The number of nitrogens with zero attached hydrogens (tertiary/aromatic N) is 1. The summed E-state index contributed by atoms with van der Waals surface area (Å²) < 4.78 is 37.9. The van der Waals surface area contributed by atoms with E-state index in [1.54, 1.807) is 0 Å². The minimum Gasteiger partial charge on any atom is -0.371 e. The van der Waals surface area contributed by atoms with Crippen molar-refractivity contribution in [3.8, 4) is 0 Å². The van der Waals surface area contributed by atoms with Gasteiger partial charge in [-0.05, 0) is 37.6 Å². The van der Waals surface area contributed by atoms with E-state index in [2.05, 4.69) is 5.32 Å². The van der Waals surface area contributed by atoms with Crippen LogP contribution in [0.2, 0.25) is 5.02 Å². The predicted octanol–water partition coefficient (Wildman–Crippen LogP) is 3.84. The average Bonchev–Trinajstić information content (AvgIpc) is 2.40. The second-order valence-corrected chi connectivity index (χ2v) is 5.52. The van der Waals surface area contributed by atoms with Gasteiger partial charge in [0.05, 0.1) is 5.92 Å². The van der Waals surface area contributed by atoms with Gasteiger partial charge in [0.25, 0.3) is 0 Å². The summed E-state index contributed by atoms with van der Waals surface area (Å²) in [4.78, 5) is 1.97. The number of benzene rings is 1. The van der Waals surface area contributed by atoms with Gasteiger partial charge in [0.15, 0.2) is 0 Å². The van der Waals surface area contributed by atoms with Crippen molar-refractivity contribution in [2.75, 3.05) is 25.0 Å². The third-order valence-corrected chi connectivity index (χ3v) is 4.08. The van der Waals surface area contributed by atoms with Crippen LogP contribution in [0.15, 0.2) is 18.2 Å². The number of alkyl halides is 3. The van der Waals surface area contributed by atoms with E-state index in [0.717, 1.165) is 11.3 Å². The summed E-state index contributed by atoms with van der Waals surface area (Å²) in [7, 11) is 1.84. The van der Waals surface area contributed by atoms with Crippen LogP contribution in [-0.2, 0) is 6.54 Å². The molecule has 1 aliphatic heterocycles. The van der Waals surface area contributed by atoms with E-state index in [0.29, 0.717) is 24.7 Å². The predicted molar refractivity (Wildman–Crippen MR) is 75.2 cm³/mol. The molecule has 1 saturated heterocycles. The van der Waals surface area contributed by atoms with Crippen LogP contribution in [0.4, 0.5) is 18.9 Å². The van der Waals surface area contributed by atoms with Gasteiger partial charge in [0, 0.05) is 30.3 Å². The number of rotatable bonds is 3. The van der Waals surface area contributed by atoms with E-state index in [-0.39, 0.29) is 12.8 Å². The highest BCUT2D eigenvalue weighted by Crippen LogP contribution is 2.36. The molecule has 0 bridgehead atoms.